The molecular formula is C33H23F10NO3. The van der Waals surface area contributed by atoms with Crippen LogP contribution in [0.2, 0.25) is 0 Å². The van der Waals surface area contributed by atoms with Gasteiger partial charge in [-0.25, -0.2) is 18.0 Å². The van der Waals surface area contributed by atoms with Crippen molar-refractivity contribution in [3.05, 3.63) is 136 Å². The topological polar surface area (TPSA) is 47.6 Å². The Morgan fingerprint density at radius 3 is 2.15 bits per heavy atom. The molecule has 0 amide bonds. The average Bonchev–Trinajstić information content (AvgIpc) is 3.00. The molecule has 0 aliphatic carbocycles. The first kappa shape index (κ1) is 34.9. The van der Waals surface area contributed by atoms with Crippen LogP contribution in [-0.4, -0.2) is 25.6 Å². The number of hydrogen-bond donors (Lipinski definition) is 1. The minimum Gasteiger partial charge on any atom is -0.466 e. The molecule has 0 radical (unpaired) electrons. The van der Waals surface area contributed by atoms with E-state index in [1.807, 2.05) is 0 Å². The van der Waals surface area contributed by atoms with Crippen LogP contribution in [0.4, 0.5) is 49.6 Å². The first-order chi connectivity index (χ1) is 22.0. The van der Waals surface area contributed by atoms with E-state index in [4.69, 9.17) is 0 Å². The predicted octanol–water partition coefficient (Wildman–Crippen LogP) is 9.14. The number of carbonyl (C=O) groups is 1. The van der Waals surface area contributed by atoms with Crippen LogP contribution in [0, 0.1) is 17.5 Å². The van der Waals surface area contributed by atoms with Gasteiger partial charge in [0.1, 0.15) is 23.2 Å². The average molecular weight is 672 g/mol. The molecule has 0 aromatic heterocycles. The summed E-state index contributed by atoms with van der Waals surface area (Å²) < 4.78 is 148. The third-order valence-electron chi connectivity index (χ3n) is 6.90. The summed E-state index contributed by atoms with van der Waals surface area (Å²) in [5, 5.41) is 2.81. The number of halogens is 10. The molecule has 1 unspecified atom stereocenters. The number of carbonyl (C=O) groups excluding carboxylic acids is 1. The van der Waals surface area contributed by atoms with E-state index in [9.17, 15) is 44.3 Å². The molecule has 0 spiro atoms. The van der Waals surface area contributed by atoms with Gasteiger partial charge >= 0.3 is 24.7 Å². The van der Waals surface area contributed by atoms with Crippen LogP contribution < -0.4 is 10.1 Å². The van der Waals surface area contributed by atoms with Gasteiger partial charge in [0.15, 0.2) is 0 Å². The largest absolute Gasteiger partial charge is 0.466 e. The van der Waals surface area contributed by atoms with Gasteiger partial charge in [-0.05, 0) is 65.2 Å². The molecule has 0 fully saturated rings. The number of methoxy groups -OCH3 is 1. The Hall–Kier alpha value is -5.01. The molecule has 0 aliphatic rings. The first-order valence-corrected chi connectivity index (χ1v) is 13.4. The van der Waals surface area contributed by atoms with Crippen molar-refractivity contribution < 1.29 is 58.2 Å². The Labute approximate surface area is 261 Å². The lowest BCUT2D eigenvalue weighted by atomic mass is 9.77. The molecule has 0 heterocycles. The van der Waals surface area contributed by atoms with Crippen molar-refractivity contribution in [3.8, 4) is 5.75 Å². The van der Waals surface area contributed by atoms with Crippen LogP contribution in [0.5, 0.6) is 5.75 Å². The Morgan fingerprint density at radius 2 is 1.51 bits per heavy atom. The lowest BCUT2D eigenvalue weighted by Gasteiger charge is -2.38. The van der Waals surface area contributed by atoms with E-state index in [1.165, 1.54) is 0 Å². The number of benzene rings is 4. The standard InChI is InChI=1S/C33H23F10NO3/c1-46-29(45)12-7-20-13-21(8-10-27(20)35)31(18-19-5-3-2-4-6-19,44-24-9-11-28(36)26(17-24)32(39,40)41)22-14-23(34)16-25(15-22)47-33(42,43)30(37)38/h2-17,30,44H,18H2,1H3. The highest BCUT2D eigenvalue weighted by Gasteiger charge is 2.45. The summed E-state index contributed by atoms with van der Waals surface area (Å²) in [6.45, 7) is 0. The molecule has 4 aromatic carbocycles. The van der Waals surface area contributed by atoms with Gasteiger partial charge < -0.3 is 14.8 Å². The summed E-state index contributed by atoms with van der Waals surface area (Å²) in [6, 6.07) is 14.9. The third-order valence-corrected chi connectivity index (χ3v) is 6.90. The molecule has 4 rings (SSSR count). The smallest absolute Gasteiger partial charge is 0.461 e. The Bertz CT molecular complexity index is 1760. The third kappa shape index (κ3) is 8.23. The van der Waals surface area contributed by atoms with Crippen molar-refractivity contribution in [2.75, 3.05) is 12.4 Å². The lowest BCUT2D eigenvalue weighted by Crippen LogP contribution is -2.40. The fraction of sp³-hybridized carbons (Fsp3) is 0.182. The van der Waals surface area contributed by atoms with Gasteiger partial charge in [-0.2, -0.15) is 30.7 Å². The Balaban J connectivity index is 2.06. The van der Waals surface area contributed by atoms with E-state index < -0.39 is 64.7 Å². The Morgan fingerprint density at radius 1 is 0.830 bits per heavy atom. The van der Waals surface area contributed by atoms with Crippen LogP contribution in [0.15, 0.2) is 91.0 Å². The van der Waals surface area contributed by atoms with Crippen molar-refractivity contribution in [1.82, 2.24) is 0 Å². The van der Waals surface area contributed by atoms with Crippen molar-refractivity contribution >= 4 is 17.7 Å². The van der Waals surface area contributed by atoms with Gasteiger partial charge in [-0.3, -0.25) is 0 Å². The number of ether oxygens (including phenoxy) is 2. The fourth-order valence-corrected chi connectivity index (χ4v) is 4.76. The monoisotopic (exact) mass is 671 g/mol. The van der Waals surface area contributed by atoms with Crippen LogP contribution in [0.1, 0.15) is 27.8 Å². The van der Waals surface area contributed by atoms with Gasteiger partial charge in [-0.15, -0.1) is 0 Å². The normalized spacial score (nSPS) is 13.4. The van der Waals surface area contributed by atoms with Gasteiger partial charge in [0, 0.05) is 29.8 Å². The van der Waals surface area contributed by atoms with E-state index in [1.54, 1.807) is 30.3 Å². The van der Waals surface area contributed by atoms with Gasteiger partial charge in [0.25, 0.3) is 0 Å². The lowest BCUT2D eigenvalue weighted by molar-refractivity contribution is -0.253. The number of hydrogen-bond acceptors (Lipinski definition) is 4. The Kier molecular flexibility index (Phi) is 10.2. The highest BCUT2D eigenvalue weighted by atomic mass is 19.4. The molecule has 1 atom stereocenters. The number of esters is 1. The molecule has 47 heavy (non-hydrogen) atoms. The summed E-state index contributed by atoms with van der Waals surface area (Å²) in [4.78, 5) is 11.7. The van der Waals surface area contributed by atoms with Crippen molar-refractivity contribution in [2.24, 2.45) is 0 Å². The van der Waals surface area contributed by atoms with Gasteiger partial charge in [0.05, 0.1) is 18.2 Å². The van der Waals surface area contributed by atoms with E-state index in [0.29, 0.717) is 23.8 Å². The zero-order chi connectivity index (χ0) is 34.6. The van der Waals surface area contributed by atoms with Gasteiger partial charge in [-0.1, -0.05) is 36.4 Å². The fourth-order valence-electron chi connectivity index (χ4n) is 4.76. The van der Waals surface area contributed by atoms with Crippen LogP contribution in [0.25, 0.3) is 6.08 Å². The second-order valence-corrected chi connectivity index (χ2v) is 10.1. The maximum absolute atomic E-state index is 15.1. The molecule has 4 aromatic rings. The quantitative estimate of drug-likeness (QED) is 0.0982. The highest BCUT2D eigenvalue weighted by Crippen LogP contribution is 2.42. The molecule has 14 heteroatoms. The zero-order valence-corrected chi connectivity index (χ0v) is 24.0. The van der Waals surface area contributed by atoms with E-state index in [2.05, 4.69) is 14.8 Å². The molecule has 1 N–H and O–H groups in total. The summed E-state index contributed by atoms with van der Waals surface area (Å²) in [6.07, 6.45) is -13.0. The predicted molar refractivity (Wildman–Crippen MR) is 151 cm³/mol. The van der Waals surface area contributed by atoms with Crippen LogP contribution >= 0.6 is 0 Å². The maximum Gasteiger partial charge on any atom is 0.461 e. The molecule has 0 saturated carbocycles. The van der Waals surface area contributed by atoms with Crippen molar-refractivity contribution in [2.45, 2.75) is 30.7 Å². The van der Waals surface area contributed by atoms with E-state index in [0.717, 1.165) is 55.7 Å². The summed E-state index contributed by atoms with van der Waals surface area (Å²) in [7, 11) is 1.06. The minimum atomic E-state index is -5.16. The molecule has 0 bridgehead atoms. The second-order valence-electron chi connectivity index (χ2n) is 10.1. The number of anilines is 1. The first-order valence-electron chi connectivity index (χ1n) is 13.4. The summed E-state index contributed by atoms with van der Waals surface area (Å²) in [5.41, 5.74) is -4.37. The zero-order valence-electron chi connectivity index (χ0n) is 24.0. The molecular weight excluding hydrogens is 648 g/mol. The number of nitrogens with one attached hydrogen (secondary N) is 1. The number of alkyl halides is 7. The molecule has 248 valence electrons. The molecule has 4 nitrogen and oxygen atoms in total. The number of rotatable bonds is 11. The highest BCUT2D eigenvalue weighted by molar-refractivity contribution is 5.87. The van der Waals surface area contributed by atoms with Crippen LogP contribution in [-0.2, 0) is 27.7 Å². The van der Waals surface area contributed by atoms with E-state index in [-0.39, 0.29) is 23.1 Å². The minimum absolute atomic E-state index is 0.0395. The van der Waals surface area contributed by atoms with E-state index >= 15 is 4.39 Å². The molecule has 0 aliphatic heterocycles. The van der Waals surface area contributed by atoms with Gasteiger partial charge in [0.2, 0.25) is 0 Å². The molecule has 0 saturated heterocycles. The maximum atomic E-state index is 15.1. The van der Waals surface area contributed by atoms with Crippen molar-refractivity contribution in [1.29, 1.82) is 0 Å². The van der Waals surface area contributed by atoms with Crippen LogP contribution in [0.3, 0.4) is 0 Å². The summed E-state index contributed by atoms with van der Waals surface area (Å²) >= 11 is 0. The SMILES string of the molecule is COC(=O)C=Cc1cc(C(Cc2ccccc2)(Nc2ccc(F)c(C(F)(F)F)c2)c2cc(F)cc(OC(F)(F)C(F)F)c2)ccc1F. The summed E-state index contributed by atoms with van der Waals surface area (Å²) in [5.74, 6) is -5.73. The second kappa shape index (κ2) is 13.8. The van der Waals surface area contributed by atoms with Crippen molar-refractivity contribution in [3.63, 3.8) is 0 Å².